The van der Waals surface area contributed by atoms with Crippen LogP contribution in [-0.2, 0) is 4.79 Å². The van der Waals surface area contributed by atoms with Crippen molar-refractivity contribution in [1.82, 2.24) is 4.90 Å². The molecule has 0 unspecified atom stereocenters. The molecule has 5 heteroatoms. The van der Waals surface area contributed by atoms with Crippen LogP contribution in [0.4, 0.5) is 5.69 Å². The first-order valence-corrected chi connectivity index (χ1v) is 10.5. The normalized spacial score (nSPS) is 20.1. The molecule has 2 aliphatic heterocycles. The van der Waals surface area contributed by atoms with Crippen LogP contribution in [0.2, 0.25) is 0 Å². The summed E-state index contributed by atoms with van der Waals surface area (Å²) >= 11 is 0. The third kappa shape index (κ3) is 3.13. The predicted octanol–water partition coefficient (Wildman–Crippen LogP) is 4.39. The highest BCUT2D eigenvalue weighted by atomic mass is 16.2. The van der Waals surface area contributed by atoms with Crippen LogP contribution >= 0.6 is 0 Å². The van der Waals surface area contributed by atoms with Crippen molar-refractivity contribution in [3.63, 3.8) is 0 Å². The smallest absolute Gasteiger partial charge is 0.261 e. The number of fused-ring (bicyclic) bond motifs is 1. The van der Waals surface area contributed by atoms with Gasteiger partial charge in [0.15, 0.2) is 0 Å². The first-order valence-electron chi connectivity index (χ1n) is 10.5. The summed E-state index contributed by atoms with van der Waals surface area (Å²) in [5.41, 5.74) is 3.95. The molecule has 3 aromatic rings. The minimum absolute atomic E-state index is 0.0217. The van der Waals surface area contributed by atoms with Gasteiger partial charge in [-0.3, -0.25) is 19.3 Å². The van der Waals surface area contributed by atoms with E-state index in [0.29, 0.717) is 17.5 Å². The summed E-state index contributed by atoms with van der Waals surface area (Å²) in [6.45, 7) is 2.26. The van der Waals surface area contributed by atoms with Gasteiger partial charge in [0.05, 0.1) is 23.1 Å². The number of anilines is 1. The molecule has 0 spiro atoms. The molecule has 0 bridgehead atoms. The van der Waals surface area contributed by atoms with E-state index in [1.165, 1.54) is 4.90 Å². The molecule has 1 fully saturated rings. The largest absolute Gasteiger partial charge is 0.304 e. The molecule has 2 heterocycles. The van der Waals surface area contributed by atoms with Crippen LogP contribution in [0.3, 0.4) is 0 Å². The van der Waals surface area contributed by atoms with Crippen LogP contribution in [0.1, 0.15) is 44.3 Å². The van der Waals surface area contributed by atoms with Crippen LogP contribution < -0.4 is 4.90 Å². The molecule has 0 aliphatic carbocycles. The van der Waals surface area contributed by atoms with E-state index in [0.717, 1.165) is 16.8 Å². The quantitative estimate of drug-likeness (QED) is 0.463. The number of benzene rings is 3. The molecule has 5 nitrogen and oxygen atoms in total. The summed E-state index contributed by atoms with van der Waals surface area (Å²) in [7, 11) is 0. The maximum Gasteiger partial charge on any atom is 0.261 e. The predicted molar refractivity (Wildman–Crippen MR) is 118 cm³/mol. The number of rotatable bonds is 5. The number of amides is 3. The Morgan fingerprint density at radius 3 is 1.94 bits per heavy atom. The number of carbonyl (C=O) groups is 3. The number of β-lactam (4-membered cyclic amide) rings is 1. The van der Waals surface area contributed by atoms with E-state index >= 15 is 0 Å². The third-order valence-electron chi connectivity index (χ3n) is 6.21. The fraction of sp³-hybridized carbons (Fsp3) is 0.192. The molecule has 0 aromatic heterocycles. The van der Waals surface area contributed by atoms with Gasteiger partial charge in [-0.1, -0.05) is 60.2 Å². The second-order valence-electron chi connectivity index (χ2n) is 8.10. The minimum Gasteiger partial charge on any atom is -0.304 e. The lowest BCUT2D eigenvalue weighted by Gasteiger charge is -2.48. The molecule has 5 rings (SSSR count). The zero-order chi connectivity index (χ0) is 21.5. The standard InChI is InChI=1S/C26H22N2O3/c1-17-11-13-18(14-12-17)23-22(26(31)28(23)19-7-3-2-4-8-19)15-16-27-24(29)20-9-5-6-10-21(20)25(27)30/h2-14,22-23H,15-16H2,1H3/t22-,23-/m1/s1. The fourth-order valence-electron chi connectivity index (χ4n) is 4.56. The second-order valence-corrected chi connectivity index (χ2v) is 8.10. The second kappa shape index (κ2) is 7.51. The molecule has 2 aliphatic rings. The molecule has 31 heavy (non-hydrogen) atoms. The van der Waals surface area contributed by atoms with Crippen molar-refractivity contribution >= 4 is 23.4 Å². The number of para-hydroxylation sites is 1. The van der Waals surface area contributed by atoms with Crippen molar-refractivity contribution in [3.8, 4) is 0 Å². The van der Waals surface area contributed by atoms with Gasteiger partial charge in [-0.05, 0) is 43.2 Å². The van der Waals surface area contributed by atoms with Gasteiger partial charge in [0.2, 0.25) is 5.91 Å². The lowest BCUT2D eigenvalue weighted by molar-refractivity contribution is -0.130. The van der Waals surface area contributed by atoms with Gasteiger partial charge >= 0.3 is 0 Å². The van der Waals surface area contributed by atoms with Gasteiger partial charge < -0.3 is 4.90 Å². The Balaban J connectivity index is 1.39. The average Bonchev–Trinajstić information content (AvgIpc) is 3.04. The number of imide groups is 1. The van der Waals surface area contributed by atoms with Crippen molar-refractivity contribution in [2.24, 2.45) is 5.92 Å². The zero-order valence-corrected chi connectivity index (χ0v) is 17.2. The molecule has 0 radical (unpaired) electrons. The van der Waals surface area contributed by atoms with E-state index in [1.54, 1.807) is 24.3 Å². The van der Waals surface area contributed by atoms with Gasteiger partial charge in [0.25, 0.3) is 11.8 Å². The number of hydrogen-bond acceptors (Lipinski definition) is 3. The lowest BCUT2D eigenvalue weighted by Crippen LogP contribution is -2.56. The van der Waals surface area contributed by atoms with E-state index in [9.17, 15) is 14.4 Å². The van der Waals surface area contributed by atoms with Crippen molar-refractivity contribution in [1.29, 1.82) is 0 Å². The summed E-state index contributed by atoms with van der Waals surface area (Å²) in [6, 6.07) is 24.6. The maximum absolute atomic E-state index is 13.1. The number of aryl methyl sites for hydroxylation is 1. The third-order valence-corrected chi connectivity index (χ3v) is 6.21. The number of carbonyl (C=O) groups excluding carboxylic acids is 3. The molecular formula is C26H22N2O3. The van der Waals surface area contributed by atoms with Gasteiger partial charge in [-0.25, -0.2) is 0 Å². The van der Waals surface area contributed by atoms with Crippen LogP contribution in [0.5, 0.6) is 0 Å². The lowest BCUT2D eigenvalue weighted by atomic mass is 9.79. The molecule has 0 N–H and O–H groups in total. The summed E-state index contributed by atoms with van der Waals surface area (Å²) in [6.07, 6.45) is 0.437. The van der Waals surface area contributed by atoms with Crippen molar-refractivity contribution in [2.75, 3.05) is 11.4 Å². The van der Waals surface area contributed by atoms with Crippen LogP contribution in [-0.4, -0.2) is 29.2 Å². The molecule has 3 aromatic carbocycles. The van der Waals surface area contributed by atoms with E-state index in [1.807, 2.05) is 54.3 Å². The zero-order valence-electron chi connectivity index (χ0n) is 17.2. The van der Waals surface area contributed by atoms with Crippen LogP contribution in [0.15, 0.2) is 78.9 Å². The Hall–Kier alpha value is -3.73. The Morgan fingerprint density at radius 2 is 1.32 bits per heavy atom. The summed E-state index contributed by atoms with van der Waals surface area (Å²) in [4.78, 5) is 41.6. The Morgan fingerprint density at radius 1 is 0.742 bits per heavy atom. The van der Waals surface area contributed by atoms with Gasteiger partial charge in [0, 0.05) is 12.2 Å². The number of nitrogens with zero attached hydrogens (tertiary/aromatic N) is 2. The minimum atomic E-state index is -0.285. The summed E-state index contributed by atoms with van der Waals surface area (Å²) < 4.78 is 0. The summed E-state index contributed by atoms with van der Waals surface area (Å²) in [5.74, 6) is -0.820. The first kappa shape index (κ1) is 19.2. The molecule has 0 saturated carbocycles. The van der Waals surface area contributed by atoms with Gasteiger partial charge in [-0.15, -0.1) is 0 Å². The van der Waals surface area contributed by atoms with Crippen molar-refractivity contribution in [2.45, 2.75) is 19.4 Å². The van der Waals surface area contributed by atoms with Gasteiger partial charge in [-0.2, -0.15) is 0 Å². The average molecular weight is 410 g/mol. The highest BCUT2D eigenvalue weighted by Gasteiger charge is 2.49. The number of hydrogen-bond donors (Lipinski definition) is 0. The monoisotopic (exact) mass is 410 g/mol. The van der Waals surface area contributed by atoms with E-state index in [-0.39, 0.29) is 36.2 Å². The Kier molecular flexibility index (Phi) is 4.66. The molecule has 2 atom stereocenters. The molecular weight excluding hydrogens is 388 g/mol. The summed E-state index contributed by atoms with van der Waals surface area (Å²) in [5, 5.41) is 0. The SMILES string of the molecule is Cc1ccc([C@@H]2[C@@H](CCN3C(=O)c4ccccc4C3=O)C(=O)N2c2ccccc2)cc1. The maximum atomic E-state index is 13.1. The van der Waals surface area contributed by atoms with Crippen molar-refractivity contribution < 1.29 is 14.4 Å². The van der Waals surface area contributed by atoms with E-state index < -0.39 is 0 Å². The fourth-order valence-corrected chi connectivity index (χ4v) is 4.56. The molecule has 154 valence electrons. The molecule has 3 amide bonds. The van der Waals surface area contributed by atoms with Crippen molar-refractivity contribution in [3.05, 3.63) is 101 Å². The van der Waals surface area contributed by atoms with E-state index in [4.69, 9.17) is 0 Å². The van der Waals surface area contributed by atoms with E-state index in [2.05, 4.69) is 12.1 Å². The Labute approximate surface area is 180 Å². The highest BCUT2D eigenvalue weighted by Crippen LogP contribution is 2.45. The van der Waals surface area contributed by atoms with Crippen LogP contribution in [0, 0.1) is 12.8 Å². The first-order chi connectivity index (χ1) is 15.1. The van der Waals surface area contributed by atoms with Crippen LogP contribution in [0.25, 0.3) is 0 Å². The Bertz CT molecular complexity index is 1140. The topological polar surface area (TPSA) is 57.7 Å². The molecule has 1 saturated heterocycles. The van der Waals surface area contributed by atoms with Gasteiger partial charge in [0.1, 0.15) is 0 Å². The highest BCUT2D eigenvalue weighted by molar-refractivity contribution is 6.21.